The van der Waals surface area contributed by atoms with Gasteiger partial charge in [-0.25, -0.2) is 0 Å². The number of nitrogens with zero attached hydrogens (tertiary/aromatic N) is 4. The van der Waals surface area contributed by atoms with Gasteiger partial charge in [0, 0.05) is 30.7 Å². The molecule has 0 bridgehead atoms. The standard InChI is InChI=1S/C17H21N5/c1-12-19-20-16-10-21(6-7-22(12)16)15-4-2-13(3-5-15)17-8-14(17)9-18-11-17/h2-5,14,18H,6-11H2,1H3. The van der Waals surface area contributed by atoms with Gasteiger partial charge in [-0.2, -0.15) is 0 Å². The molecule has 1 saturated carbocycles. The van der Waals surface area contributed by atoms with E-state index in [0.29, 0.717) is 5.41 Å². The van der Waals surface area contributed by atoms with Crippen LogP contribution in [0.25, 0.3) is 0 Å². The van der Waals surface area contributed by atoms with E-state index >= 15 is 0 Å². The van der Waals surface area contributed by atoms with Crippen LogP contribution in [0.2, 0.25) is 0 Å². The van der Waals surface area contributed by atoms with Gasteiger partial charge in [-0.1, -0.05) is 12.1 Å². The molecular formula is C17H21N5. The molecule has 114 valence electrons. The number of fused-ring (bicyclic) bond motifs is 2. The number of nitrogens with one attached hydrogen (secondary N) is 1. The molecule has 1 aromatic heterocycles. The van der Waals surface area contributed by atoms with E-state index in [1.807, 2.05) is 6.92 Å². The van der Waals surface area contributed by atoms with Gasteiger partial charge < -0.3 is 14.8 Å². The van der Waals surface area contributed by atoms with Gasteiger partial charge in [-0.15, -0.1) is 10.2 Å². The first-order valence-corrected chi connectivity index (χ1v) is 8.21. The topological polar surface area (TPSA) is 46.0 Å². The minimum absolute atomic E-state index is 0.456. The van der Waals surface area contributed by atoms with E-state index in [4.69, 9.17) is 0 Å². The maximum atomic E-state index is 4.29. The van der Waals surface area contributed by atoms with E-state index in [0.717, 1.165) is 43.7 Å². The van der Waals surface area contributed by atoms with Crippen LogP contribution in [0, 0.1) is 12.8 Å². The fourth-order valence-electron chi connectivity index (χ4n) is 4.32. The second-order valence-electron chi connectivity index (χ2n) is 6.97. The van der Waals surface area contributed by atoms with Gasteiger partial charge in [-0.3, -0.25) is 0 Å². The van der Waals surface area contributed by atoms with Crippen LogP contribution in [-0.2, 0) is 18.5 Å². The molecule has 2 atom stereocenters. The van der Waals surface area contributed by atoms with Crippen molar-refractivity contribution >= 4 is 5.69 Å². The monoisotopic (exact) mass is 295 g/mol. The highest BCUT2D eigenvalue weighted by Crippen LogP contribution is 2.56. The smallest absolute Gasteiger partial charge is 0.152 e. The minimum atomic E-state index is 0.456. The first-order chi connectivity index (χ1) is 10.8. The summed E-state index contributed by atoms with van der Waals surface area (Å²) in [4.78, 5) is 2.40. The molecule has 3 aliphatic rings. The third-order valence-electron chi connectivity index (χ3n) is 5.81. The summed E-state index contributed by atoms with van der Waals surface area (Å²) < 4.78 is 2.23. The molecule has 1 aromatic carbocycles. The Kier molecular flexibility index (Phi) is 2.48. The van der Waals surface area contributed by atoms with Crippen molar-refractivity contribution in [2.45, 2.75) is 31.8 Å². The zero-order chi connectivity index (χ0) is 14.7. The predicted molar refractivity (Wildman–Crippen MR) is 84.9 cm³/mol. The Hall–Kier alpha value is -1.88. The molecule has 2 unspecified atom stereocenters. The molecule has 2 aliphatic heterocycles. The molecule has 0 amide bonds. The third kappa shape index (κ3) is 1.69. The highest BCUT2D eigenvalue weighted by atomic mass is 15.3. The second kappa shape index (κ2) is 4.32. The lowest BCUT2D eigenvalue weighted by Crippen LogP contribution is -2.34. The number of hydrogen-bond acceptors (Lipinski definition) is 4. The Morgan fingerprint density at radius 3 is 2.77 bits per heavy atom. The van der Waals surface area contributed by atoms with E-state index < -0.39 is 0 Å². The van der Waals surface area contributed by atoms with Crippen LogP contribution >= 0.6 is 0 Å². The number of rotatable bonds is 2. The second-order valence-corrected chi connectivity index (χ2v) is 6.97. The first kappa shape index (κ1) is 12.6. The lowest BCUT2D eigenvalue weighted by atomic mass is 9.95. The maximum absolute atomic E-state index is 4.29. The Bertz CT molecular complexity index is 719. The van der Waals surface area contributed by atoms with Gasteiger partial charge in [0.1, 0.15) is 5.82 Å². The lowest BCUT2D eigenvalue weighted by Gasteiger charge is -2.29. The van der Waals surface area contributed by atoms with Crippen molar-refractivity contribution in [1.82, 2.24) is 20.1 Å². The first-order valence-electron chi connectivity index (χ1n) is 8.21. The third-order valence-corrected chi connectivity index (χ3v) is 5.81. The van der Waals surface area contributed by atoms with Crippen molar-refractivity contribution in [1.29, 1.82) is 0 Å². The van der Waals surface area contributed by atoms with Gasteiger partial charge in [0.25, 0.3) is 0 Å². The van der Waals surface area contributed by atoms with Gasteiger partial charge in [0.15, 0.2) is 5.82 Å². The zero-order valence-electron chi connectivity index (χ0n) is 12.9. The largest absolute Gasteiger partial charge is 0.362 e. The molecule has 5 nitrogen and oxygen atoms in total. The van der Waals surface area contributed by atoms with E-state index in [1.165, 1.54) is 24.2 Å². The molecule has 0 radical (unpaired) electrons. The van der Waals surface area contributed by atoms with Crippen molar-refractivity contribution in [2.75, 3.05) is 24.5 Å². The SMILES string of the molecule is Cc1nnc2n1CCN(c1ccc(C34CNCC3C4)cc1)C2. The molecule has 1 N–H and O–H groups in total. The van der Waals surface area contributed by atoms with Crippen molar-refractivity contribution in [2.24, 2.45) is 5.92 Å². The molecule has 1 aliphatic carbocycles. The number of piperidine rings is 1. The molecular weight excluding hydrogens is 274 g/mol. The molecule has 2 aromatic rings. The van der Waals surface area contributed by atoms with Crippen LogP contribution in [0.3, 0.4) is 0 Å². The van der Waals surface area contributed by atoms with Crippen LogP contribution in [0.15, 0.2) is 24.3 Å². The van der Waals surface area contributed by atoms with E-state index in [2.05, 4.69) is 49.2 Å². The highest BCUT2D eigenvalue weighted by Gasteiger charge is 2.57. The Balaban J connectivity index is 1.38. The zero-order valence-corrected chi connectivity index (χ0v) is 12.9. The Labute approximate surface area is 130 Å². The fraction of sp³-hybridized carbons (Fsp3) is 0.529. The number of anilines is 1. The number of benzene rings is 1. The minimum Gasteiger partial charge on any atom is -0.362 e. The molecule has 5 heteroatoms. The van der Waals surface area contributed by atoms with Crippen LogP contribution in [0.4, 0.5) is 5.69 Å². The molecule has 5 rings (SSSR count). The summed E-state index contributed by atoms with van der Waals surface area (Å²) in [5.41, 5.74) is 3.27. The molecule has 1 saturated heterocycles. The van der Waals surface area contributed by atoms with Crippen molar-refractivity contribution in [3.05, 3.63) is 41.5 Å². The summed E-state index contributed by atoms with van der Waals surface area (Å²) in [7, 11) is 0. The summed E-state index contributed by atoms with van der Waals surface area (Å²) in [6.45, 7) is 7.25. The Morgan fingerprint density at radius 1 is 1.18 bits per heavy atom. The van der Waals surface area contributed by atoms with E-state index in [9.17, 15) is 0 Å². The van der Waals surface area contributed by atoms with Crippen LogP contribution in [-0.4, -0.2) is 34.4 Å². The molecule has 2 fully saturated rings. The van der Waals surface area contributed by atoms with Crippen LogP contribution in [0.1, 0.15) is 23.6 Å². The van der Waals surface area contributed by atoms with Gasteiger partial charge in [0.05, 0.1) is 6.54 Å². The van der Waals surface area contributed by atoms with Crippen molar-refractivity contribution in [3.8, 4) is 0 Å². The number of hydrogen-bond donors (Lipinski definition) is 1. The average molecular weight is 295 g/mol. The van der Waals surface area contributed by atoms with E-state index in [-0.39, 0.29) is 0 Å². The van der Waals surface area contributed by atoms with Gasteiger partial charge >= 0.3 is 0 Å². The molecule has 22 heavy (non-hydrogen) atoms. The fourth-order valence-corrected chi connectivity index (χ4v) is 4.32. The summed E-state index contributed by atoms with van der Waals surface area (Å²) in [5, 5.41) is 12.0. The summed E-state index contributed by atoms with van der Waals surface area (Å²) in [5.74, 6) is 2.97. The molecule has 0 spiro atoms. The number of aryl methyl sites for hydroxylation is 1. The predicted octanol–water partition coefficient (Wildman–Crippen LogP) is 1.47. The number of aromatic nitrogens is 3. The highest BCUT2D eigenvalue weighted by molar-refractivity contribution is 5.51. The van der Waals surface area contributed by atoms with Gasteiger partial charge in [0.2, 0.25) is 0 Å². The summed E-state index contributed by atoms with van der Waals surface area (Å²) in [6.07, 6.45) is 1.37. The maximum Gasteiger partial charge on any atom is 0.152 e. The summed E-state index contributed by atoms with van der Waals surface area (Å²) >= 11 is 0. The lowest BCUT2D eigenvalue weighted by molar-refractivity contribution is 0.551. The molecule has 3 heterocycles. The van der Waals surface area contributed by atoms with Crippen LogP contribution < -0.4 is 10.2 Å². The van der Waals surface area contributed by atoms with Crippen molar-refractivity contribution < 1.29 is 0 Å². The van der Waals surface area contributed by atoms with Crippen LogP contribution in [0.5, 0.6) is 0 Å². The summed E-state index contributed by atoms with van der Waals surface area (Å²) in [6, 6.07) is 9.26. The van der Waals surface area contributed by atoms with Gasteiger partial charge in [-0.05, 0) is 43.5 Å². The average Bonchev–Trinajstić information content (AvgIpc) is 2.93. The van der Waals surface area contributed by atoms with E-state index in [1.54, 1.807) is 0 Å². The normalized spacial score (nSPS) is 29.3. The van der Waals surface area contributed by atoms with Crippen molar-refractivity contribution in [3.63, 3.8) is 0 Å². The quantitative estimate of drug-likeness (QED) is 0.911. The Morgan fingerprint density at radius 2 is 2.05 bits per heavy atom.